The van der Waals surface area contributed by atoms with Crippen molar-refractivity contribution >= 4 is 23.7 Å². The number of likely N-dealkylation sites (tertiary alicyclic amines) is 2. The molecule has 2 saturated heterocycles. The molecule has 1 N–H and O–H groups in total. The van der Waals surface area contributed by atoms with Gasteiger partial charge in [0.2, 0.25) is 11.8 Å². The second-order valence-corrected chi connectivity index (χ2v) is 11.2. The SMILES string of the molecule is COc1ccc(OC)c(C(=O)N2CCC3(CC2)CCN(C(=O)C(CCC(=O)OC(C)(C)C)NC(C)=O)C3)c1. The van der Waals surface area contributed by atoms with Crippen LogP contribution in [-0.4, -0.2) is 85.5 Å². The molecule has 1 aromatic carbocycles. The number of piperidine rings is 1. The minimum atomic E-state index is -0.780. The molecule has 1 atom stereocenters. The Balaban J connectivity index is 1.60. The van der Waals surface area contributed by atoms with Crippen LogP contribution in [0.1, 0.15) is 70.2 Å². The van der Waals surface area contributed by atoms with E-state index in [0.29, 0.717) is 43.2 Å². The molecule has 0 saturated carbocycles. The Morgan fingerprint density at radius 3 is 2.18 bits per heavy atom. The molecule has 0 bridgehead atoms. The summed E-state index contributed by atoms with van der Waals surface area (Å²) >= 11 is 0. The molecule has 2 heterocycles. The van der Waals surface area contributed by atoms with Crippen molar-refractivity contribution in [2.75, 3.05) is 40.4 Å². The first kappa shape index (κ1) is 29.3. The lowest BCUT2D eigenvalue weighted by Gasteiger charge is -2.39. The van der Waals surface area contributed by atoms with Gasteiger partial charge in [-0.3, -0.25) is 19.2 Å². The molecule has 10 heteroatoms. The number of nitrogens with one attached hydrogen (secondary N) is 1. The molecule has 38 heavy (non-hydrogen) atoms. The van der Waals surface area contributed by atoms with Crippen molar-refractivity contribution in [2.24, 2.45) is 5.41 Å². The van der Waals surface area contributed by atoms with Gasteiger partial charge in [-0.05, 0) is 70.1 Å². The molecule has 3 amide bonds. The van der Waals surface area contributed by atoms with Gasteiger partial charge in [-0.2, -0.15) is 0 Å². The van der Waals surface area contributed by atoms with Gasteiger partial charge >= 0.3 is 5.97 Å². The Morgan fingerprint density at radius 1 is 1.00 bits per heavy atom. The first-order chi connectivity index (χ1) is 17.9. The van der Waals surface area contributed by atoms with E-state index in [1.165, 1.54) is 14.0 Å². The predicted molar refractivity (Wildman–Crippen MR) is 141 cm³/mol. The highest BCUT2D eigenvalue weighted by Gasteiger charge is 2.44. The zero-order chi connectivity index (χ0) is 28.1. The van der Waals surface area contributed by atoms with E-state index in [1.807, 2.05) is 4.90 Å². The summed E-state index contributed by atoms with van der Waals surface area (Å²) in [6, 6.07) is 4.40. The average Bonchev–Trinajstić information content (AvgIpc) is 3.27. The number of methoxy groups -OCH3 is 2. The zero-order valence-electron chi connectivity index (χ0n) is 23.4. The summed E-state index contributed by atoms with van der Waals surface area (Å²) in [6.07, 6.45) is 2.61. The van der Waals surface area contributed by atoms with Crippen molar-refractivity contribution in [1.82, 2.24) is 15.1 Å². The normalized spacial score (nSPS) is 17.6. The lowest BCUT2D eigenvalue weighted by molar-refractivity contribution is -0.155. The number of amides is 3. The molecular formula is C28H41N3O7. The fourth-order valence-electron chi connectivity index (χ4n) is 5.24. The number of nitrogens with zero attached hydrogens (tertiary/aromatic N) is 2. The van der Waals surface area contributed by atoms with E-state index in [4.69, 9.17) is 14.2 Å². The Bertz CT molecular complexity index is 1040. The molecule has 210 valence electrons. The van der Waals surface area contributed by atoms with E-state index in [2.05, 4.69) is 5.32 Å². The summed E-state index contributed by atoms with van der Waals surface area (Å²) in [4.78, 5) is 54.2. The number of hydrogen-bond donors (Lipinski definition) is 1. The van der Waals surface area contributed by atoms with Gasteiger partial charge in [-0.25, -0.2) is 0 Å². The first-order valence-electron chi connectivity index (χ1n) is 13.2. The molecule has 1 aromatic rings. The van der Waals surface area contributed by atoms with Crippen LogP contribution in [-0.2, 0) is 19.1 Å². The fourth-order valence-corrected chi connectivity index (χ4v) is 5.24. The minimum absolute atomic E-state index is 0.0394. The quantitative estimate of drug-likeness (QED) is 0.513. The van der Waals surface area contributed by atoms with Crippen LogP contribution in [0.5, 0.6) is 11.5 Å². The van der Waals surface area contributed by atoms with Gasteiger partial charge in [0.05, 0.1) is 19.8 Å². The van der Waals surface area contributed by atoms with Crippen LogP contribution in [0.4, 0.5) is 0 Å². The molecule has 0 radical (unpaired) electrons. The van der Waals surface area contributed by atoms with E-state index in [0.717, 1.165) is 19.3 Å². The van der Waals surface area contributed by atoms with Crippen LogP contribution in [0.3, 0.4) is 0 Å². The van der Waals surface area contributed by atoms with E-state index in [-0.39, 0.29) is 36.0 Å². The second kappa shape index (κ2) is 12.0. The fraction of sp³-hybridized carbons (Fsp3) is 0.643. The maximum absolute atomic E-state index is 13.4. The van der Waals surface area contributed by atoms with Crippen LogP contribution in [0.25, 0.3) is 0 Å². The van der Waals surface area contributed by atoms with Crippen LogP contribution in [0.15, 0.2) is 18.2 Å². The number of carbonyl (C=O) groups excluding carboxylic acids is 4. The highest BCUT2D eigenvalue weighted by molar-refractivity contribution is 5.97. The first-order valence-corrected chi connectivity index (χ1v) is 13.2. The molecule has 2 fully saturated rings. The van der Waals surface area contributed by atoms with Crippen molar-refractivity contribution < 1.29 is 33.4 Å². The summed E-state index contributed by atoms with van der Waals surface area (Å²) in [5.74, 6) is 0.0937. The van der Waals surface area contributed by atoms with Crippen LogP contribution in [0, 0.1) is 5.41 Å². The maximum Gasteiger partial charge on any atom is 0.306 e. The summed E-state index contributed by atoms with van der Waals surface area (Å²) in [5, 5.41) is 2.71. The topological polar surface area (TPSA) is 114 Å². The van der Waals surface area contributed by atoms with Gasteiger partial charge in [0.25, 0.3) is 5.91 Å². The Labute approximate surface area is 225 Å². The van der Waals surface area contributed by atoms with E-state index >= 15 is 0 Å². The van der Waals surface area contributed by atoms with Crippen molar-refractivity contribution in [3.63, 3.8) is 0 Å². The molecule has 0 aliphatic carbocycles. The van der Waals surface area contributed by atoms with Crippen molar-refractivity contribution in [3.05, 3.63) is 23.8 Å². The third kappa shape index (κ3) is 7.39. The summed E-state index contributed by atoms with van der Waals surface area (Å²) in [6.45, 7) is 9.04. The lowest BCUT2D eigenvalue weighted by Crippen LogP contribution is -2.49. The van der Waals surface area contributed by atoms with Gasteiger partial charge < -0.3 is 29.3 Å². The number of rotatable bonds is 8. The standard InChI is InChI=1S/C28H41N3O7/c1-19(32)29-22(8-10-24(33)38-27(2,3)4)26(35)31-16-13-28(18-31)11-14-30(15-12-28)25(34)21-17-20(36-5)7-9-23(21)37-6/h7,9,17,22H,8,10-16,18H2,1-6H3,(H,29,32). The van der Waals surface area contributed by atoms with Crippen molar-refractivity contribution in [1.29, 1.82) is 0 Å². The summed E-state index contributed by atoms with van der Waals surface area (Å²) in [5.41, 5.74) is -0.217. The largest absolute Gasteiger partial charge is 0.497 e. The molecule has 3 rings (SSSR count). The average molecular weight is 532 g/mol. The summed E-state index contributed by atoms with van der Waals surface area (Å²) in [7, 11) is 3.09. The number of esters is 1. The van der Waals surface area contributed by atoms with E-state index < -0.39 is 17.6 Å². The molecule has 1 unspecified atom stereocenters. The lowest BCUT2D eigenvalue weighted by atomic mass is 9.77. The van der Waals surface area contributed by atoms with Crippen LogP contribution in [0.2, 0.25) is 0 Å². The number of benzene rings is 1. The predicted octanol–water partition coefficient (Wildman–Crippen LogP) is 2.79. The summed E-state index contributed by atoms with van der Waals surface area (Å²) < 4.78 is 16.0. The Hall–Kier alpha value is -3.30. The Morgan fingerprint density at radius 2 is 1.63 bits per heavy atom. The van der Waals surface area contributed by atoms with Gasteiger partial charge in [0.15, 0.2) is 0 Å². The smallest absolute Gasteiger partial charge is 0.306 e. The molecular weight excluding hydrogens is 490 g/mol. The van der Waals surface area contributed by atoms with Crippen LogP contribution < -0.4 is 14.8 Å². The van der Waals surface area contributed by atoms with Crippen molar-refractivity contribution in [3.8, 4) is 11.5 Å². The molecule has 10 nitrogen and oxygen atoms in total. The van der Waals surface area contributed by atoms with Crippen LogP contribution >= 0.6 is 0 Å². The molecule has 1 spiro atoms. The minimum Gasteiger partial charge on any atom is -0.497 e. The van der Waals surface area contributed by atoms with E-state index in [9.17, 15) is 19.2 Å². The van der Waals surface area contributed by atoms with Gasteiger partial charge in [0.1, 0.15) is 23.1 Å². The van der Waals surface area contributed by atoms with Gasteiger partial charge in [-0.1, -0.05) is 0 Å². The highest BCUT2D eigenvalue weighted by atomic mass is 16.6. The number of hydrogen-bond acceptors (Lipinski definition) is 7. The van der Waals surface area contributed by atoms with Crippen molar-refractivity contribution in [2.45, 2.75) is 71.4 Å². The Kier molecular flexibility index (Phi) is 9.27. The zero-order valence-corrected chi connectivity index (χ0v) is 23.4. The molecule has 0 aromatic heterocycles. The molecule has 2 aliphatic rings. The number of carbonyl (C=O) groups is 4. The van der Waals surface area contributed by atoms with E-state index in [1.54, 1.807) is 51.0 Å². The maximum atomic E-state index is 13.4. The third-order valence-corrected chi connectivity index (χ3v) is 7.23. The second-order valence-electron chi connectivity index (χ2n) is 11.2. The van der Waals surface area contributed by atoms with Gasteiger partial charge in [0, 0.05) is 39.5 Å². The monoisotopic (exact) mass is 531 g/mol. The van der Waals surface area contributed by atoms with Gasteiger partial charge in [-0.15, -0.1) is 0 Å². The third-order valence-electron chi connectivity index (χ3n) is 7.23. The molecule has 2 aliphatic heterocycles. The number of ether oxygens (including phenoxy) is 3. The highest BCUT2D eigenvalue weighted by Crippen LogP contribution is 2.41.